The fraction of sp³-hybridized carbons (Fsp3) is 0.412. The number of ether oxygens (including phenoxy) is 2. The second-order valence-electron chi connectivity index (χ2n) is 5.80. The molecule has 0 saturated carbocycles. The van der Waals surface area contributed by atoms with E-state index in [-0.39, 0.29) is 22.4 Å². The number of methoxy groups -OCH3 is 1. The van der Waals surface area contributed by atoms with Crippen LogP contribution in [-0.4, -0.2) is 50.6 Å². The Morgan fingerprint density at radius 1 is 1.31 bits per heavy atom. The number of carbonyl (C=O) groups excluding carboxylic acids is 2. The van der Waals surface area contributed by atoms with Crippen LogP contribution in [0.4, 0.5) is 13.2 Å². The lowest BCUT2D eigenvalue weighted by Gasteiger charge is -2.19. The van der Waals surface area contributed by atoms with Crippen molar-refractivity contribution in [2.24, 2.45) is 0 Å². The molecule has 1 aromatic carbocycles. The van der Waals surface area contributed by atoms with Crippen molar-refractivity contribution >= 4 is 11.7 Å². The van der Waals surface area contributed by atoms with Gasteiger partial charge in [0.1, 0.15) is 0 Å². The molecule has 1 aliphatic carbocycles. The molecule has 0 saturated heterocycles. The minimum atomic E-state index is -5.07. The van der Waals surface area contributed by atoms with Crippen LogP contribution in [0.3, 0.4) is 0 Å². The SMILES string of the molecule is CCOc1cc2c(cc1OC)C(NC(=O)C(F)(F)F)/C(=C\N(C)C)C2=O. The molecule has 0 fully saturated rings. The number of hydrogen-bond acceptors (Lipinski definition) is 5. The Labute approximate surface area is 148 Å². The van der Waals surface area contributed by atoms with Gasteiger partial charge in [0.25, 0.3) is 0 Å². The number of alkyl halides is 3. The molecule has 1 unspecified atom stereocenters. The van der Waals surface area contributed by atoms with Crippen molar-refractivity contribution in [3.63, 3.8) is 0 Å². The first-order valence-electron chi connectivity index (χ1n) is 7.75. The fourth-order valence-electron chi connectivity index (χ4n) is 2.67. The number of nitrogens with zero attached hydrogens (tertiary/aromatic N) is 1. The van der Waals surface area contributed by atoms with Crippen LogP contribution in [0, 0.1) is 0 Å². The van der Waals surface area contributed by atoms with Crippen molar-refractivity contribution < 1.29 is 32.2 Å². The number of amides is 1. The van der Waals surface area contributed by atoms with Gasteiger partial charge in [0.05, 0.1) is 19.8 Å². The molecule has 142 valence electrons. The summed E-state index contributed by atoms with van der Waals surface area (Å²) in [6, 6.07) is 1.60. The minimum absolute atomic E-state index is 0.0262. The van der Waals surface area contributed by atoms with Gasteiger partial charge in [-0.25, -0.2) is 0 Å². The van der Waals surface area contributed by atoms with E-state index in [1.54, 1.807) is 21.0 Å². The number of rotatable bonds is 5. The van der Waals surface area contributed by atoms with Crippen molar-refractivity contribution in [1.29, 1.82) is 0 Å². The summed E-state index contributed by atoms with van der Waals surface area (Å²) in [6.07, 6.45) is -3.68. The van der Waals surface area contributed by atoms with Crippen LogP contribution in [0.1, 0.15) is 28.9 Å². The molecule has 0 aliphatic heterocycles. The molecule has 0 spiro atoms. The van der Waals surface area contributed by atoms with E-state index in [0.29, 0.717) is 12.4 Å². The number of halogens is 3. The van der Waals surface area contributed by atoms with Gasteiger partial charge in [0, 0.05) is 31.4 Å². The maximum absolute atomic E-state index is 12.7. The lowest BCUT2D eigenvalue weighted by molar-refractivity contribution is -0.174. The summed E-state index contributed by atoms with van der Waals surface area (Å²) in [6.45, 7) is 2.07. The Morgan fingerprint density at radius 3 is 2.46 bits per heavy atom. The summed E-state index contributed by atoms with van der Waals surface area (Å²) < 4.78 is 48.7. The van der Waals surface area contributed by atoms with Crippen molar-refractivity contribution in [2.45, 2.75) is 19.1 Å². The monoisotopic (exact) mass is 372 g/mol. The summed E-state index contributed by atoms with van der Waals surface area (Å²) in [4.78, 5) is 25.7. The molecule has 0 aromatic heterocycles. The molecule has 1 atom stereocenters. The minimum Gasteiger partial charge on any atom is -0.493 e. The van der Waals surface area contributed by atoms with Gasteiger partial charge in [-0.3, -0.25) is 9.59 Å². The van der Waals surface area contributed by atoms with Crippen LogP contribution in [0.2, 0.25) is 0 Å². The van der Waals surface area contributed by atoms with Crippen molar-refractivity contribution in [3.8, 4) is 11.5 Å². The third-order valence-corrected chi connectivity index (χ3v) is 3.69. The van der Waals surface area contributed by atoms with E-state index in [2.05, 4.69) is 0 Å². The van der Waals surface area contributed by atoms with E-state index in [4.69, 9.17) is 9.47 Å². The molecule has 0 heterocycles. The van der Waals surface area contributed by atoms with Gasteiger partial charge in [-0.1, -0.05) is 0 Å². The topological polar surface area (TPSA) is 67.9 Å². The zero-order valence-corrected chi connectivity index (χ0v) is 14.7. The number of nitrogens with one attached hydrogen (secondary N) is 1. The van der Waals surface area contributed by atoms with E-state index in [1.165, 1.54) is 30.3 Å². The standard InChI is InChI=1S/C17H19F3N2O4/c1-5-26-13-7-10-9(6-12(13)25-4)14(21-16(24)17(18,19)20)11(15(10)23)8-22(2)3/h6-8,14H,5H2,1-4H3,(H,21,24)/b11-8+. The van der Waals surface area contributed by atoms with Crippen molar-refractivity contribution in [3.05, 3.63) is 35.0 Å². The molecule has 2 rings (SSSR count). The maximum Gasteiger partial charge on any atom is 0.471 e. The van der Waals surface area contributed by atoms with Gasteiger partial charge in [-0.2, -0.15) is 13.2 Å². The Kier molecular flexibility index (Phi) is 5.48. The van der Waals surface area contributed by atoms with Crippen LogP contribution in [0.5, 0.6) is 11.5 Å². The van der Waals surface area contributed by atoms with E-state index in [9.17, 15) is 22.8 Å². The highest BCUT2D eigenvalue weighted by Gasteiger charge is 2.44. The number of fused-ring (bicyclic) bond motifs is 1. The van der Waals surface area contributed by atoms with Crippen LogP contribution in [0.15, 0.2) is 23.9 Å². The highest BCUT2D eigenvalue weighted by atomic mass is 19.4. The first kappa shape index (κ1) is 19.6. The van der Waals surface area contributed by atoms with Crippen LogP contribution in [0.25, 0.3) is 0 Å². The Bertz CT molecular complexity index is 757. The average Bonchev–Trinajstić information content (AvgIpc) is 2.78. The maximum atomic E-state index is 12.7. The van der Waals surface area contributed by atoms with E-state index >= 15 is 0 Å². The summed E-state index contributed by atoms with van der Waals surface area (Å²) in [5, 5.41) is 1.89. The number of benzene rings is 1. The molecular weight excluding hydrogens is 353 g/mol. The Hall–Kier alpha value is -2.71. The highest BCUT2D eigenvalue weighted by molar-refractivity contribution is 6.15. The molecule has 0 radical (unpaired) electrons. The number of carbonyl (C=O) groups is 2. The zero-order valence-electron chi connectivity index (χ0n) is 14.7. The second-order valence-corrected chi connectivity index (χ2v) is 5.80. The molecule has 1 amide bonds. The van der Waals surface area contributed by atoms with Gasteiger partial charge in [0.2, 0.25) is 0 Å². The van der Waals surface area contributed by atoms with Crippen molar-refractivity contribution in [1.82, 2.24) is 10.2 Å². The van der Waals surface area contributed by atoms with Gasteiger partial charge < -0.3 is 19.7 Å². The fourth-order valence-corrected chi connectivity index (χ4v) is 2.67. The Balaban J connectivity index is 2.58. The molecule has 1 N–H and O–H groups in total. The van der Waals surface area contributed by atoms with Crippen LogP contribution >= 0.6 is 0 Å². The van der Waals surface area contributed by atoms with E-state index in [0.717, 1.165) is 0 Å². The Morgan fingerprint density at radius 2 is 1.96 bits per heavy atom. The first-order valence-corrected chi connectivity index (χ1v) is 7.75. The van der Waals surface area contributed by atoms with Crippen molar-refractivity contribution in [2.75, 3.05) is 27.8 Å². The molecule has 6 nitrogen and oxygen atoms in total. The summed E-state index contributed by atoms with van der Waals surface area (Å²) in [7, 11) is 4.62. The molecular formula is C17H19F3N2O4. The number of Topliss-reactive ketones (excluding diaryl/α,β-unsaturated/α-hetero) is 1. The quantitative estimate of drug-likeness (QED) is 0.805. The largest absolute Gasteiger partial charge is 0.493 e. The summed E-state index contributed by atoms with van der Waals surface area (Å²) in [5.41, 5.74) is 0.411. The lowest BCUT2D eigenvalue weighted by Crippen LogP contribution is -2.39. The van der Waals surface area contributed by atoms with Gasteiger partial charge in [-0.15, -0.1) is 0 Å². The van der Waals surface area contributed by atoms with Gasteiger partial charge in [-0.05, 0) is 24.6 Å². The van der Waals surface area contributed by atoms with E-state index < -0.39 is 23.9 Å². The third kappa shape index (κ3) is 3.76. The van der Waals surface area contributed by atoms with Crippen LogP contribution < -0.4 is 14.8 Å². The molecule has 9 heteroatoms. The smallest absolute Gasteiger partial charge is 0.471 e. The summed E-state index contributed by atoms with van der Waals surface area (Å²) in [5.74, 6) is -2.05. The molecule has 0 bridgehead atoms. The molecule has 1 aliphatic rings. The normalized spacial score (nSPS) is 17.9. The van der Waals surface area contributed by atoms with Gasteiger partial charge >= 0.3 is 12.1 Å². The predicted molar refractivity (Wildman–Crippen MR) is 87.2 cm³/mol. The second kappa shape index (κ2) is 7.27. The number of ketones is 1. The molecule has 26 heavy (non-hydrogen) atoms. The summed E-state index contributed by atoms with van der Waals surface area (Å²) >= 11 is 0. The zero-order chi connectivity index (χ0) is 19.6. The van der Waals surface area contributed by atoms with Crippen LogP contribution in [-0.2, 0) is 4.79 Å². The lowest BCUT2D eigenvalue weighted by atomic mass is 10.1. The predicted octanol–water partition coefficient (Wildman–Crippen LogP) is 2.46. The highest BCUT2D eigenvalue weighted by Crippen LogP contribution is 2.42. The van der Waals surface area contributed by atoms with E-state index in [1.807, 2.05) is 5.32 Å². The first-order chi connectivity index (χ1) is 12.1. The number of hydrogen-bond donors (Lipinski definition) is 1. The average molecular weight is 372 g/mol. The molecule has 1 aromatic rings. The third-order valence-electron chi connectivity index (χ3n) is 3.69. The van der Waals surface area contributed by atoms with Gasteiger partial charge in [0.15, 0.2) is 17.3 Å².